The van der Waals surface area contributed by atoms with E-state index in [1.54, 1.807) is 4.90 Å². The molecule has 31 heavy (non-hydrogen) atoms. The molecule has 4 rings (SSSR count). The van der Waals surface area contributed by atoms with E-state index < -0.39 is 0 Å². The predicted molar refractivity (Wildman–Crippen MR) is 137 cm³/mol. The van der Waals surface area contributed by atoms with Gasteiger partial charge in [-0.25, -0.2) is 0 Å². The summed E-state index contributed by atoms with van der Waals surface area (Å²) >= 11 is 16.5. The minimum Gasteiger partial charge on any atom is -0.488 e. The third kappa shape index (κ3) is 5.04. The Kier molecular flexibility index (Phi) is 6.82. The van der Waals surface area contributed by atoms with Crippen molar-refractivity contribution < 1.29 is 9.53 Å². The highest BCUT2D eigenvalue weighted by Crippen LogP contribution is 2.37. The number of hydrogen-bond donors (Lipinski definition) is 0. The predicted octanol–water partition coefficient (Wildman–Crippen LogP) is 7.40. The van der Waals surface area contributed by atoms with Gasteiger partial charge in [-0.2, -0.15) is 0 Å². The molecule has 1 saturated heterocycles. The van der Waals surface area contributed by atoms with E-state index in [1.807, 2.05) is 79.7 Å². The van der Waals surface area contributed by atoms with Gasteiger partial charge in [0.25, 0.3) is 5.91 Å². The van der Waals surface area contributed by atoms with Crippen LogP contribution in [0.5, 0.6) is 5.75 Å². The summed E-state index contributed by atoms with van der Waals surface area (Å²) in [5, 5.41) is 0.672. The van der Waals surface area contributed by atoms with Crippen LogP contribution in [0, 0.1) is 6.92 Å². The van der Waals surface area contributed by atoms with Crippen molar-refractivity contribution in [2.45, 2.75) is 13.5 Å². The van der Waals surface area contributed by atoms with Crippen molar-refractivity contribution in [1.29, 1.82) is 0 Å². The van der Waals surface area contributed by atoms with Crippen molar-refractivity contribution in [3.63, 3.8) is 0 Å². The second-order valence-corrected chi connectivity index (χ2v) is 9.86. The van der Waals surface area contributed by atoms with Gasteiger partial charge in [-0.05, 0) is 64.8 Å². The Morgan fingerprint density at radius 3 is 2.58 bits per heavy atom. The second kappa shape index (κ2) is 9.57. The molecule has 1 aliphatic rings. The highest BCUT2D eigenvalue weighted by molar-refractivity contribution is 9.10. The van der Waals surface area contributed by atoms with E-state index in [1.165, 1.54) is 11.8 Å². The normalized spacial score (nSPS) is 15.1. The van der Waals surface area contributed by atoms with Crippen LogP contribution in [-0.4, -0.2) is 10.2 Å². The van der Waals surface area contributed by atoms with Crippen LogP contribution in [0.4, 0.5) is 5.69 Å². The summed E-state index contributed by atoms with van der Waals surface area (Å²) in [6.45, 7) is 2.38. The minimum absolute atomic E-state index is 0.117. The number of halogens is 2. The zero-order valence-corrected chi connectivity index (χ0v) is 20.4. The van der Waals surface area contributed by atoms with E-state index in [9.17, 15) is 4.79 Å². The fourth-order valence-corrected chi connectivity index (χ4v) is 5.03. The molecule has 1 fully saturated rings. The highest BCUT2D eigenvalue weighted by atomic mass is 79.9. The molecule has 0 aliphatic carbocycles. The van der Waals surface area contributed by atoms with Crippen LogP contribution in [0.2, 0.25) is 5.02 Å². The molecule has 3 aromatic carbocycles. The van der Waals surface area contributed by atoms with Gasteiger partial charge in [-0.1, -0.05) is 77.5 Å². The molecule has 0 bridgehead atoms. The molecule has 0 radical (unpaired) electrons. The Balaban J connectivity index is 1.50. The Bertz CT molecular complexity index is 1190. The number of ether oxygens (including phenoxy) is 1. The number of benzene rings is 3. The number of thioether (sulfide) groups is 1. The van der Waals surface area contributed by atoms with Crippen molar-refractivity contribution in [1.82, 2.24) is 0 Å². The van der Waals surface area contributed by atoms with Gasteiger partial charge < -0.3 is 4.74 Å². The molecule has 3 aromatic rings. The smallest absolute Gasteiger partial charge is 0.270 e. The first-order valence-corrected chi connectivity index (χ1v) is 11.8. The lowest BCUT2D eigenvalue weighted by Gasteiger charge is -2.14. The van der Waals surface area contributed by atoms with Crippen LogP contribution in [0.25, 0.3) is 6.08 Å². The molecule has 3 nitrogen and oxygen atoms in total. The molecule has 1 aliphatic heterocycles. The van der Waals surface area contributed by atoms with Gasteiger partial charge in [0.2, 0.25) is 0 Å². The van der Waals surface area contributed by atoms with Crippen LogP contribution in [0.15, 0.2) is 76.1 Å². The molecule has 156 valence electrons. The third-order valence-corrected chi connectivity index (χ3v) is 6.97. The maximum absolute atomic E-state index is 12.9. The molecular formula is C24H17BrClNO2S2. The molecule has 0 aromatic heterocycles. The summed E-state index contributed by atoms with van der Waals surface area (Å²) in [5.74, 6) is 0.582. The van der Waals surface area contributed by atoms with Crippen molar-refractivity contribution in [3.05, 3.63) is 97.8 Å². The molecule has 0 N–H and O–H groups in total. The van der Waals surface area contributed by atoms with E-state index in [4.69, 9.17) is 28.6 Å². The van der Waals surface area contributed by atoms with Crippen LogP contribution < -0.4 is 9.64 Å². The molecule has 7 heteroatoms. The van der Waals surface area contributed by atoms with E-state index >= 15 is 0 Å². The van der Waals surface area contributed by atoms with Crippen LogP contribution in [0.1, 0.15) is 16.7 Å². The maximum atomic E-state index is 12.9. The topological polar surface area (TPSA) is 29.5 Å². The van der Waals surface area contributed by atoms with Gasteiger partial charge in [0.1, 0.15) is 12.4 Å². The molecule has 0 atom stereocenters. The highest BCUT2D eigenvalue weighted by Gasteiger charge is 2.33. The SMILES string of the molecule is Cc1ccc(N2C(=O)/C(=C/c3ccc(OCc4ccccc4Cl)c(Br)c3)SC2=S)cc1. The molecule has 1 amide bonds. The van der Waals surface area contributed by atoms with Gasteiger partial charge in [0.05, 0.1) is 15.1 Å². The summed E-state index contributed by atoms with van der Waals surface area (Å²) in [6.07, 6.45) is 1.84. The van der Waals surface area contributed by atoms with E-state index in [2.05, 4.69) is 15.9 Å². The number of rotatable bonds is 5. The van der Waals surface area contributed by atoms with Crippen molar-refractivity contribution >= 4 is 73.5 Å². The van der Waals surface area contributed by atoms with Gasteiger partial charge in [-0.3, -0.25) is 9.69 Å². The first-order chi connectivity index (χ1) is 14.9. The Labute approximate surface area is 204 Å². The fraction of sp³-hybridized carbons (Fsp3) is 0.0833. The Morgan fingerprint density at radius 1 is 1.13 bits per heavy atom. The fourth-order valence-electron chi connectivity index (χ4n) is 3.03. The summed E-state index contributed by atoms with van der Waals surface area (Å²) in [7, 11) is 0. The summed E-state index contributed by atoms with van der Waals surface area (Å²) in [4.78, 5) is 15.1. The monoisotopic (exact) mass is 529 g/mol. The zero-order chi connectivity index (χ0) is 22.0. The number of carbonyl (C=O) groups is 1. The average Bonchev–Trinajstić information content (AvgIpc) is 3.02. The van der Waals surface area contributed by atoms with Gasteiger partial charge >= 0.3 is 0 Å². The maximum Gasteiger partial charge on any atom is 0.270 e. The minimum atomic E-state index is -0.117. The first kappa shape index (κ1) is 22.1. The Morgan fingerprint density at radius 2 is 1.87 bits per heavy atom. The van der Waals surface area contributed by atoms with Gasteiger partial charge in [0.15, 0.2) is 4.32 Å². The number of hydrogen-bond acceptors (Lipinski definition) is 4. The molecular weight excluding hydrogens is 514 g/mol. The van der Waals surface area contributed by atoms with E-state index in [0.29, 0.717) is 26.6 Å². The lowest BCUT2D eigenvalue weighted by Crippen LogP contribution is -2.27. The molecule has 0 saturated carbocycles. The summed E-state index contributed by atoms with van der Waals surface area (Å²) in [6, 6.07) is 21.0. The largest absolute Gasteiger partial charge is 0.488 e. The molecule has 0 spiro atoms. The lowest BCUT2D eigenvalue weighted by atomic mass is 10.2. The molecule has 0 unspecified atom stereocenters. The van der Waals surface area contributed by atoms with Crippen LogP contribution in [0.3, 0.4) is 0 Å². The summed E-state index contributed by atoms with van der Waals surface area (Å²) < 4.78 is 7.22. The Hall–Kier alpha value is -2.12. The quantitative estimate of drug-likeness (QED) is 0.254. The number of aryl methyl sites for hydroxylation is 1. The third-order valence-electron chi connectivity index (χ3n) is 4.68. The van der Waals surface area contributed by atoms with Crippen molar-refractivity contribution in [3.8, 4) is 5.75 Å². The number of anilines is 1. The number of amides is 1. The first-order valence-electron chi connectivity index (χ1n) is 9.43. The zero-order valence-electron chi connectivity index (χ0n) is 16.5. The average molecular weight is 531 g/mol. The van der Waals surface area contributed by atoms with E-state index in [-0.39, 0.29) is 5.91 Å². The lowest BCUT2D eigenvalue weighted by molar-refractivity contribution is -0.113. The van der Waals surface area contributed by atoms with Gasteiger partial charge in [0, 0.05) is 10.6 Å². The second-order valence-electron chi connectivity index (χ2n) is 6.92. The number of thiocarbonyl (C=S) groups is 1. The van der Waals surface area contributed by atoms with Gasteiger partial charge in [-0.15, -0.1) is 0 Å². The van der Waals surface area contributed by atoms with Crippen LogP contribution in [-0.2, 0) is 11.4 Å². The summed E-state index contributed by atoms with van der Waals surface area (Å²) in [5.41, 5.74) is 3.70. The standard InChI is InChI=1S/C24H17BrClNO2S2/c1-15-6-9-18(10-7-15)27-23(28)22(31-24(27)30)13-16-8-11-21(19(25)12-16)29-14-17-4-2-3-5-20(17)26/h2-13H,14H2,1H3/b22-13-. The van der Waals surface area contributed by atoms with E-state index in [0.717, 1.165) is 26.9 Å². The van der Waals surface area contributed by atoms with Crippen molar-refractivity contribution in [2.24, 2.45) is 0 Å². The van der Waals surface area contributed by atoms with Crippen molar-refractivity contribution in [2.75, 3.05) is 4.90 Å². The number of nitrogens with zero attached hydrogens (tertiary/aromatic N) is 1. The van der Waals surface area contributed by atoms with Crippen LogP contribution >= 0.6 is 51.5 Å². The molecule has 1 heterocycles. The number of carbonyl (C=O) groups excluding carboxylic acids is 1.